The molecule has 0 spiro atoms. The number of aliphatic hydroxyl groups is 3. The lowest BCUT2D eigenvalue weighted by Gasteiger charge is -2.35. The molecule has 2 aromatic rings. The Hall–Kier alpha value is -2.73. The van der Waals surface area contributed by atoms with Gasteiger partial charge in [-0.15, -0.1) is 0 Å². The Morgan fingerprint density at radius 1 is 1.10 bits per heavy atom. The average Bonchev–Trinajstić information content (AvgIpc) is 3.42. The summed E-state index contributed by atoms with van der Waals surface area (Å²) < 4.78 is 33.3. The second-order valence-electron chi connectivity index (χ2n) is 11.7. The van der Waals surface area contributed by atoms with Crippen LogP contribution in [0.15, 0.2) is 72.1 Å². The van der Waals surface area contributed by atoms with Crippen molar-refractivity contribution in [2.24, 2.45) is 5.92 Å². The van der Waals surface area contributed by atoms with Crippen LogP contribution < -0.4 is 21.3 Å². The number of amides is 1. The first kappa shape index (κ1) is 41.0. The molecule has 0 aliphatic carbocycles. The number of nitrogens with one attached hydrogen (secondary N) is 1. The van der Waals surface area contributed by atoms with Gasteiger partial charge in [-0.3, -0.25) is 18.7 Å². The second-order valence-corrected chi connectivity index (χ2v) is 16.6. The average molecular weight is 815 g/mol. The predicted octanol–water partition coefficient (Wildman–Crippen LogP) is 2.43. The molecule has 1 aromatic heterocycles. The molecule has 2 saturated heterocycles. The number of anilines is 1. The number of alkyl halides is 4. The van der Waals surface area contributed by atoms with Gasteiger partial charge < -0.3 is 45.3 Å². The lowest BCUT2D eigenvalue weighted by Crippen LogP contribution is -2.49. The smallest absolute Gasteiger partial charge is 0.379 e. The maximum atomic E-state index is 13.5. The van der Waals surface area contributed by atoms with E-state index in [0.717, 1.165) is 4.57 Å². The zero-order valence-electron chi connectivity index (χ0n) is 27.1. The number of carbonyl (C=O) groups excluding carboxylic acids is 2. The minimum absolute atomic E-state index is 0.0447. The van der Waals surface area contributed by atoms with Crippen LogP contribution in [0, 0.1) is 5.92 Å². The molecule has 2 fully saturated rings. The Bertz CT molecular complexity index is 1730. The largest absolute Gasteiger partial charge is 0.424 e. The van der Waals surface area contributed by atoms with E-state index in [4.69, 9.17) is 75.8 Å². The molecule has 1 amide bonds. The molecule has 3 aliphatic heterocycles. The first-order valence-electron chi connectivity index (χ1n) is 15.1. The summed E-state index contributed by atoms with van der Waals surface area (Å²) in [7, 11) is -3.84. The number of para-hydroxylation sites is 1. The van der Waals surface area contributed by atoms with Crippen LogP contribution in [-0.4, -0.2) is 100 Å². The van der Waals surface area contributed by atoms with Crippen molar-refractivity contribution < 1.29 is 48.0 Å². The molecule has 0 bridgehead atoms. The van der Waals surface area contributed by atoms with Gasteiger partial charge in [-0.05, 0) is 25.1 Å². The predicted molar refractivity (Wildman–Crippen MR) is 187 cm³/mol. The van der Waals surface area contributed by atoms with Crippen molar-refractivity contribution in [1.82, 2.24) is 19.8 Å². The van der Waals surface area contributed by atoms with Crippen molar-refractivity contribution in [3.8, 4) is 5.75 Å². The standard InChI is InChI=1S/C21H25Cl2N2O7P.C9H11Cl2N3O4/c1-13(14(2)26)12-33(29,32-16-7-5-4-6-8-16)30-11-17-19(28)21(22,23)20(31-17)25-10-9-18(27)24-15(25)3;10-9(11)6(16)4(3-15)18-7(9)14-2-1-5(12)13-8(14)17/h4-10,13,17,19-20,28H,3,11-12H2,1-2H3,(H,24,27);1-2,4,6-7,15-16H,3H2,(H2,12,13,17)/t13-,17-,19?,20-,33?;4-,6?,7-/m11/s1. The topological polar surface area (TPSA) is 225 Å². The molecule has 3 aliphatic rings. The lowest BCUT2D eigenvalue weighted by molar-refractivity contribution is -0.119. The van der Waals surface area contributed by atoms with Crippen molar-refractivity contribution in [3.05, 3.63) is 77.8 Å². The molecule has 280 valence electrons. The van der Waals surface area contributed by atoms with Crippen molar-refractivity contribution in [2.45, 2.75) is 59.4 Å². The second kappa shape index (κ2) is 16.5. The summed E-state index contributed by atoms with van der Waals surface area (Å²) >= 11 is 24.7. The van der Waals surface area contributed by atoms with E-state index in [1.165, 1.54) is 36.4 Å². The molecule has 4 heterocycles. The number of benzene rings is 1. The molecule has 6 N–H and O–H groups in total. The van der Waals surface area contributed by atoms with Crippen LogP contribution in [0.2, 0.25) is 0 Å². The van der Waals surface area contributed by atoms with Gasteiger partial charge >= 0.3 is 13.3 Å². The Morgan fingerprint density at radius 2 is 1.71 bits per heavy atom. The summed E-state index contributed by atoms with van der Waals surface area (Å²) in [5, 5.41) is 32.0. The van der Waals surface area contributed by atoms with Crippen LogP contribution >= 0.6 is 54.0 Å². The molecule has 3 unspecified atom stereocenters. The van der Waals surface area contributed by atoms with Gasteiger partial charge in [0.15, 0.2) is 21.1 Å². The number of aliphatic hydroxyl groups excluding tert-OH is 3. The number of nitrogen functional groups attached to an aromatic ring is 1. The Kier molecular flexibility index (Phi) is 13.3. The molecular weight excluding hydrogens is 779 g/mol. The highest BCUT2D eigenvalue weighted by Gasteiger charge is 2.58. The van der Waals surface area contributed by atoms with Crippen LogP contribution in [0.4, 0.5) is 5.82 Å². The van der Waals surface area contributed by atoms with Gasteiger partial charge in [-0.1, -0.05) is 78.1 Å². The Balaban J connectivity index is 0.000000272. The highest BCUT2D eigenvalue weighted by molar-refractivity contribution is 7.54. The highest BCUT2D eigenvalue weighted by Crippen LogP contribution is 2.52. The molecule has 0 saturated carbocycles. The maximum absolute atomic E-state index is 13.5. The quantitative estimate of drug-likeness (QED) is 0.162. The zero-order valence-corrected chi connectivity index (χ0v) is 31.0. The SMILES string of the molecule is C=C1NC(=O)C=CN1[C@@H]1O[C@H](COP(=O)(C[C@@H](C)C(C)=O)Oc2ccccc2)C(O)C1(Cl)Cl.Nc1ccn([C@@H]2O[C@H](CO)C(O)C2(Cl)Cl)c(=O)n1. The molecule has 8 atom stereocenters. The van der Waals surface area contributed by atoms with Crippen LogP contribution in [0.1, 0.15) is 20.1 Å². The number of aromatic nitrogens is 2. The normalized spacial score (nSPS) is 28.3. The van der Waals surface area contributed by atoms with E-state index in [9.17, 15) is 29.2 Å². The number of Topliss-reactive ketones (excluding diaryl/α,β-unsaturated/α-hetero) is 1. The molecule has 21 heteroatoms. The summed E-state index contributed by atoms with van der Waals surface area (Å²) in [6.45, 7) is 5.87. The van der Waals surface area contributed by atoms with Crippen molar-refractivity contribution in [1.29, 1.82) is 0 Å². The maximum Gasteiger partial charge on any atom is 0.379 e. The minimum atomic E-state index is -3.84. The number of nitrogens with two attached hydrogens (primary N) is 1. The molecule has 16 nitrogen and oxygen atoms in total. The number of nitrogens with zero attached hydrogens (tertiary/aromatic N) is 3. The number of hydrogen-bond acceptors (Lipinski definition) is 14. The van der Waals surface area contributed by atoms with E-state index < -0.39 is 71.3 Å². The third kappa shape index (κ3) is 9.45. The van der Waals surface area contributed by atoms with Gasteiger partial charge in [-0.2, -0.15) is 4.98 Å². The molecule has 1 aromatic carbocycles. The van der Waals surface area contributed by atoms with Gasteiger partial charge in [0.2, 0.25) is 0 Å². The summed E-state index contributed by atoms with van der Waals surface area (Å²) in [6, 6.07) is 9.76. The van der Waals surface area contributed by atoms with Gasteiger partial charge in [0.25, 0.3) is 5.91 Å². The third-order valence-electron chi connectivity index (χ3n) is 7.88. The fourth-order valence-electron chi connectivity index (χ4n) is 4.94. The lowest BCUT2D eigenvalue weighted by atomic mass is 10.1. The monoisotopic (exact) mass is 813 g/mol. The highest BCUT2D eigenvalue weighted by atomic mass is 35.5. The van der Waals surface area contributed by atoms with Crippen LogP contribution in [0.5, 0.6) is 5.75 Å². The number of ether oxygens (including phenoxy) is 2. The number of rotatable bonds is 11. The first-order chi connectivity index (χ1) is 23.8. The van der Waals surface area contributed by atoms with Crippen molar-refractivity contribution in [2.75, 3.05) is 25.1 Å². The molecule has 51 heavy (non-hydrogen) atoms. The van der Waals surface area contributed by atoms with E-state index >= 15 is 0 Å². The molecule has 5 rings (SSSR count). The first-order valence-corrected chi connectivity index (χ1v) is 18.4. The zero-order chi connectivity index (χ0) is 37.9. The Labute approximate surface area is 312 Å². The van der Waals surface area contributed by atoms with Crippen molar-refractivity contribution in [3.63, 3.8) is 0 Å². The fraction of sp³-hybridized carbons (Fsp3) is 0.467. The molecule has 0 radical (unpaired) electrons. The van der Waals surface area contributed by atoms with E-state index in [1.54, 1.807) is 37.3 Å². The fourth-order valence-corrected chi connectivity index (χ4v) is 8.11. The van der Waals surface area contributed by atoms with Crippen LogP contribution in [-0.2, 0) is 28.2 Å². The van der Waals surface area contributed by atoms with E-state index in [0.29, 0.717) is 5.75 Å². The number of ketones is 1. The van der Waals surface area contributed by atoms with Crippen LogP contribution in [0.3, 0.4) is 0 Å². The summed E-state index contributed by atoms with van der Waals surface area (Å²) in [6.07, 6.45) is -3.40. The number of halogens is 4. The van der Waals surface area contributed by atoms with E-state index in [1.807, 2.05) is 0 Å². The van der Waals surface area contributed by atoms with E-state index in [2.05, 4.69) is 16.9 Å². The van der Waals surface area contributed by atoms with Gasteiger partial charge in [0.05, 0.1) is 19.4 Å². The summed E-state index contributed by atoms with van der Waals surface area (Å²) in [5.74, 6) is -0.651. The van der Waals surface area contributed by atoms with Gasteiger partial charge in [-0.25, -0.2) is 9.36 Å². The Morgan fingerprint density at radius 3 is 2.27 bits per heavy atom. The van der Waals surface area contributed by atoms with Crippen LogP contribution in [0.25, 0.3) is 0 Å². The van der Waals surface area contributed by atoms with Gasteiger partial charge in [0.1, 0.15) is 47.6 Å². The number of hydrogen-bond donors (Lipinski definition) is 5. The summed E-state index contributed by atoms with van der Waals surface area (Å²) in [4.78, 5) is 39.8. The molecular formula is C30H36Cl4N5O11P. The third-order valence-corrected chi connectivity index (χ3v) is 11.5. The van der Waals surface area contributed by atoms with Crippen molar-refractivity contribution >= 4 is 71.5 Å². The number of carbonyl (C=O) groups is 2. The van der Waals surface area contributed by atoms with E-state index in [-0.39, 0.29) is 36.1 Å². The minimum Gasteiger partial charge on any atom is -0.424 e. The summed E-state index contributed by atoms with van der Waals surface area (Å²) in [5.41, 5.74) is 4.64. The van der Waals surface area contributed by atoms with Gasteiger partial charge in [0, 0.05) is 24.4 Å².